The summed E-state index contributed by atoms with van der Waals surface area (Å²) in [5.41, 5.74) is 0.980. The van der Waals surface area contributed by atoms with Gasteiger partial charge < -0.3 is 9.74 Å². The maximum Gasteiger partial charge on any atom is 0.220 e. The molecule has 22 heavy (non-hydrogen) atoms. The summed E-state index contributed by atoms with van der Waals surface area (Å²) in [6.07, 6.45) is 0.456. The van der Waals surface area contributed by atoms with E-state index in [2.05, 4.69) is 39.2 Å². The second-order valence-electron chi connectivity index (χ2n) is 7.10. The molecular weight excluding hydrogens is 314 g/mol. The van der Waals surface area contributed by atoms with Crippen molar-refractivity contribution in [2.75, 3.05) is 6.61 Å². The van der Waals surface area contributed by atoms with E-state index in [1.165, 1.54) is 0 Å². The fraction of sp³-hybridized carbons (Fsp3) is 0.588. The first-order chi connectivity index (χ1) is 10.1. The first-order valence-electron chi connectivity index (χ1n) is 7.75. The van der Waals surface area contributed by atoms with E-state index in [1.54, 1.807) is 0 Å². The third-order valence-electron chi connectivity index (χ3n) is 4.32. The van der Waals surface area contributed by atoms with E-state index in [0.717, 1.165) is 5.56 Å². The highest BCUT2D eigenvalue weighted by atomic mass is 35.5. The molecule has 0 saturated heterocycles. The maximum absolute atomic E-state index is 11.8. The minimum Gasteiger partial charge on any atom is -0.414 e. The molecule has 1 aromatic carbocycles. The van der Waals surface area contributed by atoms with Gasteiger partial charge in [-0.2, -0.15) is 0 Å². The zero-order valence-corrected chi connectivity index (χ0v) is 16.3. The molecule has 124 valence electrons. The lowest BCUT2D eigenvalue weighted by Crippen LogP contribution is -2.43. The summed E-state index contributed by atoms with van der Waals surface area (Å²) >= 11 is 6.08. The Morgan fingerprint density at radius 3 is 2.50 bits per heavy atom. The molecule has 0 aliphatic carbocycles. The molecule has 1 aromatic rings. The van der Waals surface area contributed by atoms with Crippen molar-refractivity contribution in [1.29, 1.82) is 0 Å². The smallest absolute Gasteiger partial charge is 0.220 e. The van der Waals surface area contributed by atoms with Gasteiger partial charge in [0.05, 0.1) is 12.6 Å². The van der Waals surface area contributed by atoms with Crippen molar-refractivity contribution >= 4 is 25.8 Å². The van der Waals surface area contributed by atoms with Crippen LogP contribution in [-0.2, 0) is 9.22 Å². The number of nitrogens with one attached hydrogen (secondary N) is 1. The predicted molar refractivity (Wildman–Crippen MR) is 95.8 cm³/mol. The Bertz CT molecular complexity index is 512. The summed E-state index contributed by atoms with van der Waals surface area (Å²) in [6, 6.07) is 7.42. The van der Waals surface area contributed by atoms with Gasteiger partial charge in [-0.05, 0) is 35.8 Å². The summed E-state index contributed by atoms with van der Waals surface area (Å²) in [5.74, 6) is 0.0174. The first-order valence-corrected chi connectivity index (χ1v) is 11.0. The van der Waals surface area contributed by atoms with Gasteiger partial charge in [0.2, 0.25) is 5.91 Å². The lowest BCUT2D eigenvalue weighted by Gasteiger charge is -2.37. The van der Waals surface area contributed by atoms with Crippen LogP contribution in [0.4, 0.5) is 0 Å². The summed E-state index contributed by atoms with van der Waals surface area (Å²) in [5, 5.41) is 3.84. The van der Waals surface area contributed by atoms with Crippen LogP contribution in [0.25, 0.3) is 0 Å². The average Bonchev–Trinajstić information content (AvgIpc) is 2.41. The van der Waals surface area contributed by atoms with Crippen LogP contribution < -0.4 is 5.32 Å². The average molecular weight is 342 g/mol. The fourth-order valence-electron chi connectivity index (χ4n) is 1.75. The van der Waals surface area contributed by atoms with Crippen LogP contribution in [0.1, 0.15) is 45.7 Å². The van der Waals surface area contributed by atoms with E-state index in [9.17, 15) is 4.79 Å². The highest BCUT2D eigenvalue weighted by molar-refractivity contribution is 6.74. The van der Waals surface area contributed by atoms with Crippen LogP contribution in [0.5, 0.6) is 0 Å². The van der Waals surface area contributed by atoms with E-state index < -0.39 is 8.32 Å². The molecule has 0 bridgehead atoms. The van der Waals surface area contributed by atoms with Gasteiger partial charge in [-0.1, -0.05) is 51.4 Å². The van der Waals surface area contributed by atoms with Gasteiger partial charge in [-0.25, -0.2) is 0 Å². The number of benzene rings is 1. The summed E-state index contributed by atoms with van der Waals surface area (Å²) in [7, 11) is -1.86. The molecule has 0 unspecified atom stereocenters. The summed E-state index contributed by atoms with van der Waals surface area (Å²) in [6.45, 7) is 13.4. The van der Waals surface area contributed by atoms with Crippen molar-refractivity contribution < 1.29 is 9.22 Å². The Balaban J connectivity index is 2.90. The minimum absolute atomic E-state index is 0.0174. The monoisotopic (exact) mass is 341 g/mol. The Morgan fingerprint density at radius 2 is 2.00 bits per heavy atom. The summed E-state index contributed by atoms with van der Waals surface area (Å²) in [4.78, 5) is 11.8. The van der Waals surface area contributed by atoms with Gasteiger partial charge in [0.25, 0.3) is 0 Å². The molecule has 0 aromatic heterocycles. The van der Waals surface area contributed by atoms with Gasteiger partial charge in [0.1, 0.15) is 0 Å². The maximum atomic E-state index is 11.8. The quantitative estimate of drug-likeness (QED) is 0.745. The molecule has 1 N–H and O–H groups in total. The van der Waals surface area contributed by atoms with E-state index in [0.29, 0.717) is 18.1 Å². The van der Waals surface area contributed by atoms with Gasteiger partial charge in [-0.15, -0.1) is 0 Å². The van der Waals surface area contributed by atoms with Crippen molar-refractivity contribution in [3.63, 3.8) is 0 Å². The number of rotatable bonds is 6. The number of amides is 1. The molecule has 0 aliphatic heterocycles. The first kappa shape index (κ1) is 19.2. The van der Waals surface area contributed by atoms with E-state index in [1.807, 2.05) is 31.2 Å². The number of halogens is 1. The highest BCUT2D eigenvalue weighted by Gasteiger charge is 2.37. The third-order valence-corrected chi connectivity index (χ3v) is 9.06. The SMILES string of the molecule is CCC(=O)N[C@H](CO[Si](C)(C)C(C)(C)C)c1cccc(Cl)c1. The Hall–Kier alpha value is -0.843. The number of hydrogen-bond acceptors (Lipinski definition) is 2. The van der Waals surface area contributed by atoms with Crippen molar-refractivity contribution in [2.24, 2.45) is 0 Å². The largest absolute Gasteiger partial charge is 0.414 e. The molecule has 1 rings (SSSR count). The molecule has 0 aliphatic rings. The second-order valence-corrected chi connectivity index (χ2v) is 12.3. The van der Waals surface area contributed by atoms with Crippen LogP contribution in [0.3, 0.4) is 0 Å². The normalized spacial score (nSPS) is 13.8. The molecule has 1 atom stereocenters. The zero-order valence-electron chi connectivity index (χ0n) is 14.5. The van der Waals surface area contributed by atoms with Gasteiger partial charge in [0.15, 0.2) is 8.32 Å². The molecule has 1 amide bonds. The van der Waals surface area contributed by atoms with E-state index >= 15 is 0 Å². The van der Waals surface area contributed by atoms with Crippen LogP contribution in [0, 0.1) is 0 Å². The van der Waals surface area contributed by atoms with Gasteiger partial charge in [-0.3, -0.25) is 4.79 Å². The topological polar surface area (TPSA) is 38.3 Å². The lowest BCUT2D eigenvalue weighted by molar-refractivity contribution is -0.121. The van der Waals surface area contributed by atoms with Crippen LogP contribution in [0.2, 0.25) is 23.2 Å². The number of carbonyl (C=O) groups excluding carboxylic acids is 1. The van der Waals surface area contributed by atoms with Crippen molar-refractivity contribution in [2.45, 2.75) is 58.3 Å². The molecule has 3 nitrogen and oxygen atoms in total. The van der Waals surface area contributed by atoms with Gasteiger partial charge >= 0.3 is 0 Å². The molecular formula is C17H28ClNO2Si. The van der Waals surface area contributed by atoms with Crippen LogP contribution in [-0.4, -0.2) is 20.8 Å². The summed E-state index contributed by atoms with van der Waals surface area (Å²) < 4.78 is 6.28. The molecule has 0 fully saturated rings. The van der Waals surface area contributed by atoms with Crippen LogP contribution in [0.15, 0.2) is 24.3 Å². The highest BCUT2D eigenvalue weighted by Crippen LogP contribution is 2.37. The number of hydrogen-bond donors (Lipinski definition) is 1. The lowest BCUT2D eigenvalue weighted by atomic mass is 10.1. The predicted octanol–water partition coefficient (Wildman–Crippen LogP) is 4.93. The van der Waals surface area contributed by atoms with Crippen molar-refractivity contribution in [3.05, 3.63) is 34.9 Å². The molecule has 0 heterocycles. The Labute approximate surface area is 140 Å². The van der Waals surface area contributed by atoms with Gasteiger partial charge in [0, 0.05) is 11.4 Å². The minimum atomic E-state index is -1.86. The fourth-order valence-corrected chi connectivity index (χ4v) is 2.96. The molecule has 0 spiro atoms. The van der Waals surface area contributed by atoms with E-state index in [-0.39, 0.29) is 17.0 Å². The molecule has 0 saturated carbocycles. The Kier molecular flexibility index (Phi) is 6.65. The third kappa shape index (κ3) is 5.41. The standard InChI is InChI=1S/C17H28ClNO2Si/c1-7-16(20)19-15(13-9-8-10-14(18)11-13)12-21-22(5,6)17(2,3)4/h8-11,15H,7,12H2,1-6H3,(H,19,20)/t15-/m1/s1. The second kappa shape index (κ2) is 7.62. The van der Waals surface area contributed by atoms with Crippen molar-refractivity contribution in [1.82, 2.24) is 5.32 Å². The van der Waals surface area contributed by atoms with Crippen molar-refractivity contribution in [3.8, 4) is 0 Å². The van der Waals surface area contributed by atoms with Crippen LogP contribution >= 0.6 is 11.6 Å². The van der Waals surface area contributed by atoms with E-state index in [4.69, 9.17) is 16.0 Å². The number of carbonyl (C=O) groups is 1. The molecule has 0 radical (unpaired) electrons. The molecule has 5 heteroatoms. The zero-order chi connectivity index (χ0) is 17.0. The Morgan fingerprint density at radius 1 is 1.36 bits per heavy atom.